The van der Waals surface area contributed by atoms with E-state index in [0.29, 0.717) is 17.7 Å². The minimum Gasteiger partial charge on any atom is -0.304 e. The number of rotatable bonds is 5. The molecule has 4 nitrogen and oxygen atoms in total. The SMILES string of the molecule is CC(C)(N[C@@H]1C[C@H](c2cccc(F)c2)N(c2ccc(C#N)cc2)C1=O)c1ccccc1. The molecule has 156 valence electrons. The monoisotopic (exact) mass is 413 g/mol. The van der Waals surface area contributed by atoms with E-state index in [9.17, 15) is 9.18 Å². The van der Waals surface area contributed by atoms with E-state index >= 15 is 0 Å². The van der Waals surface area contributed by atoms with E-state index in [4.69, 9.17) is 5.26 Å². The Kier molecular flexibility index (Phi) is 5.58. The van der Waals surface area contributed by atoms with E-state index < -0.39 is 11.6 Å². The second-order valence-electron chi connectivity index (χ2n) is 8.36. The van der Waals surface area contributed by atoms with Gasteiger partial charge in [0.25, 0.3) is 0 Å². The topological polar surface area (TPSA) is 56.1 Å². The Balaban J connectivity index is 1.69. The highest BCUT2D eigenvalue weighted by molar-refractivity contribution is 6.00. The van der Waals surface area contributed by atoms with E-state index in [-0.39, 0.29) is 17.8 Å². The summed E-state index contributed by atoms with van der Waals surface area (Å²) in [4.78, 5) is 15.3. The van der Waals surface area contributed by atoms with Crippen molar-refractivity contribution in [2.45, 2.75) is 37.9 Å². The second-order valence-corrected chi connectivity index (χ2v) is 8.36. The minimum absolute atomic E-state index is 0.0667. The maximum Gasteiger partial charge on any atom is 0.244 e. The second kappa shape index (κ2) is 8.33. The number of carbonyl (C=O) groups excluding carboxylic acids is 1. The standard InChI is InChI=1S/C26H24FN3O/c1-26(2,20-8-4-3-5-9-20)29-23-16-24(19-7-6-10-21(27)15-19)30(25(23)31)22-13-11-18(17-28)12-14-22/h3-15,23-24,29H,16H2,1-2H3/t23-,24-/m1/s1. The van der Waals surface area contributed by atoms with Gasteiger partial charge in [-0.2, -0.15) is 5.26 Å². The maximum atomic E-state index is 14.0. The summed E-state index contributed by atoms with van der Waals surface area (Å²) in [5, 5.41) is 12.6. The Labute approximate surface area is 181 Å². The Morgan fingerprint density at radius 2 is 1.74 bits per heavy atom. The van der Waals surface area contributed by atoms with Crippen LogP contribution in [0.5, 0.6) is 0 Å². The van der Waals surface area contributed by atoms with Gasteiger partial charge in [-0.1, -0.05) is 42.5 Å². The maximum absolute atomic E-state index is 14.0. The van der Waals surface area contributed by atoms with E-state index in [1.807, 2.05) is 36.4 Å². The number of halogens is 1. The van der Waals surface area contributed by atoms with Crippen molar-refractivity contribution in [2.75, 3.05) is 4.90 Å². The highest BCUT2D eigenvalue weighted by atomic mass is 19.1. The van der Waals surface area contributed by atoms with Gasteiger partial charge in [-0.25, -0.2) is 4.39 Å². The zero-order valence-corrected chi connectivity index (χ0v) is 17.5. The number of nitrogens with one attached hydrogen (secondary N) is 1. The van der Waals surface area contributed by atoms with E-state index in [2.05, 4.69) is 25.2 Å². The first-order chi connectivity index (χ1) is 14.9. The van der Waals surface area contributed by atoms with Gasteiger partial charge in [-0.15, -0.1) is 0 Å². The third-order valence-electron chi connectivity index (χ3n) is 5.84. The van der Waals surface area contributed by atoms with E-state index in [1.54, 1.807) is 35.2 Å². The van der Waals surface area contributed by atoms with Crippen molar-refractivity contribution in [3.05, 3.63) is 101 Å². The number of hydrogen-bond donors (Lipinski definition) is 1. The highest BCUT2D eigenvalue weighted by Crippen LogP contribution is 2.38. The molecule has 3 aromatic rings. The summed E-state index contributed by atoms with van der Waals surface area (Å²) in [5.74, 6) is -0.395. The number of amides is 1. The van der Waals surface area contributed by atoms with Crippen LogP contribution in [0.2, 0.25) is 0 Å². The van der Waals surface area contributed by atoms with Crippen LogP contribution in [0.1, 0.15) is 43.0 Å². The molecule has 0 aliphatic carbocycles. The van der Waals surface area contributed by atoms with Gasteiger partial charge in [0.15, 0.2) is 0 Å². The zero-order chi connectivity index (χ0) is 22.0. The number of anilines is 1. The molecule has 1 aliphatic heterocycles. The fourth-order valence-corrected chi connectivity index (χ4v) is 4.25. The van der Waals surface area contributed by atoms with Crippen LogP contribution in [0, 0.1) is 17.1 Å². The highest BCUT2D eigenvalue weighted by Gasteiger charge is 2.43. The first-order valence-electron chi connectivity index (χ1n) is 10.3. The van der Waals surface area contributed by atoms with Crippen molar-refractivity contribution < 1.29 is 9.18 Å². The number of nitrogens with zero attached hydrogens (tertiary/aromatic N) is 2. The largest absolute Gasteiger partial charge is 0.304 e. The molecule has 0 spiro atoms. The summed E-state index contributed by atoms with van der Waals surface area (Å²) in [6, 6.07) is 24.7. The van der Waals surface area contributed by atoms with Crippen molar-refractivity contribution in [1.29, 1.82) is 5.26 Å². The van der Waals surface area contributed by atoms with Crippen molar-refractivity contribution >= 4 is 11.6 Å². The van der Waals surface area contributed by atoms with Gasteiger partial charge in [0.1, 0.15) is 5.82 Å². The van der Waals surface area contributed by atoms with Crippen molar-refractivity contribution in [2.24, 2.45) is 0 Å². The third kappa shape index (κ3) is 4.21. The van der Waals surface area contributed by atoms with Crippen molar-refractivity contribution in [3.63, 3.8) is 0 Å². The van der Waals surface area contributed by atoms with Crippen LogP contribution in [-0.2, 0) is 10.3 Å². The summed E-state index contributed by atoms with van der Waals surface area (Å²) in [6.45, 7) is 4.11. The number of benzene rings is 3. The predicted molar refractivity (Wildman–Crippen MR) is 119 cm³/mol. The molecule has 1 fully saturated rings. The molecular weight excluding hydrogens is 389 g/mol. The minimum atomic E-state index is -0.431. The third-order valence-corrected chi connectivity index (χ3v) is 5.84. The van der Waals surface area contributed by atoms with Gasteiger partial charge < -0.3 is 4.90 Å². The van der Waals surface area contributed by atoms with Crippen LogP contribution in [-0.4, -0.2) is 11.9 Å². The van der Waals surface area contributed by atoms with Crippen LogP contribution >= 0.6 is 0 Å². The molecule has 2 atom stereocenters. The molecule has 1 N–H and O–H groups in total. The van der Waals surface area contributed by atoms with Gasteiger partial charge in [0, 0.05) is 11.2 Å². The fraction of sp³-hybridized carbons (Fsp3) is 0.231. The first-order valence-corrected chi connectivity index (χ1v) is 10.3. The molecule has 0 unspecified atom stereocenters. The molecule has 4 rings (SSSR count). The molecule has 31 heavy (non-hydrogen) atoms. The van der Waals surface area contributed by atoms with Crippen LogP contribution in [0.3, 0.4) is 0 Å². The van der Waals surface area contributed by atoms with Gasteiger partial charge in [0.05, 0.1) is 23.7 Å². The van der Waals surface area contributed by atoms with E-state index in [0.717, 1.165) is 11.1 Å². The Morgan fingerprint density at radius 3 is 2.39 bits per heavy atom. The Hall–Kier alpha value is -3.49. The lowest BCUT2D eigenvalue weighted by molar-refractivity contribution is -0.119. The number of nitriles is 1. The van der Waals surface area contributed by atoms with Gasteiger partial charge >= 0.3 is 0 Å². The Bertz CT molecular complexity index is 1120. The summed E-state index contributed by atoms with van der Waals surface area (Å²) in [6.07, 6.45) is 0.512. The quantitative estimate of drug-likeness (QED) is 0.635. The molecule has 1 amide bonds. The van der Waals surface area contributed by atoms with E-state index in [1.165, 1.54) is 12.1 Å². The van der Waals surface area contributed by atoms with Gasteiger partial charge in [0.2, 0.25) is 5.91 Å². The van der Waals surface area contributed by atoms with Gasteiger partial charge in [-0.05, 0) is 67.8 Å². The molecule has 0 bridgehead atoms. The molecule has 0 saturated carbocycles. The normalized spacial score (nSPS) is 18.8. The lowest BCUT2D eigenvalue weighted by Crippen LogP contribution is -2.47. The predicted octanol–water partition coefficient (Wildman–Crippen LogP) is 5.07. The molecule has 1 saturated heterocycles. The molecule has 0 aromatic heterocycles. The average Bonchev–Trinajstić information content (AvgIpc) is 3.10. The number of hydrogen-bond acceptors (Lipinski definition) is 3. The zero-order valence-electron chi connectivity index (χ0n) is 17.5. The summed E-state index contributed by atoms with van der Waals surface area (Å²) < 4.78 is 14.0. The molecule has 5 heteroatoms. The van der Waals surface area contributed by atoms with Gasteiger partial charge in [-0.3, -0.25) is 10.1 Å². The van der Waals surface area contributed by atoms with Crippen molar-refractivity contribution in [1.82, 2.24) is 5.32 Å². The lowest BCUT2D eigenvalue weighted by atomic mass is 9.92. The van der Waals surface area contributed by atoms with Crippen LogP contribution in [0.4, 0.5) is 10.1 Å². The van der Waals surface area contributed by atoms with Crippen LogP contribution < -0.4 is 10.2 Å². The lowest BCUT2D eigenvalue weighted by Gasteiger charge is -2.30. The summed E-state index contributed by atoms with van der Waals surface area (Å²) >= 11 is 0. The Morgan fingerprint density at radius 1 is 1.03 bits per heavy atom. The molecule has 1 heterocycles. The first kappa shape index (κ1) is 20.8. The number of carbonyl (C=O) groups is 1. The average molecular weight is 413 g/mol. The van der Waals surface area contributed by atoms with Crippen molar-refractivity contribution in [3.8, 4) is 6.07 Å². The van der Waals surface area contributed by atoms with Crippen LogP contribution in [0.15, 0.2) is 78.9 Å². The fourth-order valence-electron chi connectivity index (χ4n) is 4.25. The molecule has 0 radical (unpaired) electrons. The van der Waals surface area contributed by atoms with Crippen LogP contribution in [0.25, 0.3) is 0 Å². The molecular formula is C26H24FN3O. The molecule has 1 aliphatic rings. The summed E-state index contributed by atoms with van der Waals surface area (Å²) in [5.41, 5.74) is 2.63. The smallest absolute Gasteiger partial charge is 0.244 e. The molecule has 3 aromatic carbocycles. The summed E-state index contributed by atoms with van der Waals surface area (Å²) in [7, 11) is 0.